The molecule has 2 N–H and O–H groups in total. The highest BCUT2D eigenvalue weighted by Gasteiger charge is 2.22. The second kappa shape index (κ2) is 6.44. The van der Waals surface area contributed by atoms with E-state index in [1.54, 1.807) is 6.92 Å². The molecule has 5 nitrogen and oxygen atoms in total. The molecule has 1 aromatic rings. The standard InChI is InChI=1S/C11H13BrFNO4S/c1-2-7(11(15)16)6-14-19(17,18)10-4-3-8(12)5-9(10)13/h3-5,7,14H,2,6H2,1H3,(H,15,16). The molecule has 0 amide bonds. The summed E-state index contributed by atoms with van der Waals surface area (Å²) in [5.41, 5.74) is 0. The van der Waals surface area contributed by atoms with Gasteiger partial charge in [0, 0.05) is 11.0 Å². The fourth-order valence-corrected chi connectivity index (χ4v) is 2.86. The van der Waals surface area contributed by atoms with Gasteiger partial charge in [0.25, 0.3) is 0 Å². The van der Waals surface area contributed by atoms with Gasteiger partial charge in [-0.15, -0.1) is 0 Å². The van der Waals surface area contributed by atoms with E-state index in [1.807, 2.05) is 0 Å². The fourth-order valence-electron chi connectivity index (χ4n) is 1.39. The normalized spacial score (nSPS) is 13.2. The smallest absolute Gasteiger partial charge is 0.307 e. The van der Waals surface area contributed by atoms with Crippen molar-refractivity contribution in [1.82, 2.24) is 4.72 Å². The van der Waals surface area contributed by atoms with Gasteiger partial charge in [-0.25, -0.2) is 17.5 Å². The molecule has 106 valence electrons. The van der Waals surface area contributed by atoms with Crippen LogP contribution in [0.15, 0.2) is 27.6 Å². The number of aliphatic carboxylic acids is 1. The molecule has 0 saturated carbocycles. The third-order valence-electron chi connectivity index (χ3n) is 2.55. The first-order valence-electron chi connectivity index (χ1n) is 5.45. The average Bonchev–Trinajstić information content (AvgIpc) is 2.28. The van der Waals surface area contributed by atoms with Crippen molar-refractivity contribution in [3.05, 3.63) is 28.5 Å². The summed E-state index contributed by atoms with van der Waals surface area (Å²) in [6, 6.07) is 3.54. The van der Waals surface area contributed by atoms with Crippen LogP contribution >= 0.6 is 15.9 Å². The van der Waals surface area contributed by atoms with E-state index in [2.05, 4.69) is 20.7 Å². The van der Waals surface area contributed by atoms with Crippen LogP contribution in [0.25, 0.3) is 0 Å². The second-order valence-electron chi connectivity index (χ2n) is 3.87. The minimum atomic E-state index is -4.06. The molecule has 1 aromatic carbocycles. The van der Waals surface area contributed by atoms with E-state index in [1.165, 1.54) is 6.07 Å². The molecule has 0 bridgehead atoms. The van der Waals surface area contributed by atoms with Crippen LogP contribution in [0.4, 0.5) is 4.39 Å². The Balaban J connectivity index is 2.90. The van der Waals surface area contributed by atoms with Crippen molar-refractivity contribution in [2.45, 2.75) is 18.2 Å². The number of hydrogen-bond donors (Lipinski definition) is 2. The van der Waals surface area contributed by atoms with Crippen molar-refractivity contribution < 1.29 is 22.7 Å². The molecule has 0 heterocycles. The van der Waals surface area contributed by atoms with Crippen LogP contribution in [0.2, 0.25) is 0 Å². The van der Waals surface area contributed by atoms with Crippen LogP contribution in [0.5, 0.6) is 0 Å². The number of benzene rings is 1. The summed E-state index contributed by atoms with van der Waals surface area (Å²) in [7, 11) is -4.06. The van der Waals surface area contributed by atoms with Gasteiger partial charge in [0.1, 0.15) is 10.7 Å². The number of carboxylic acids is 1. The minimum Gasteiger partial charge on any atom is -0.481 e. The van der Waals surface area contributed by atoms with Crippen LogP contribution in [0.3, 0.4) is 0 Å². The maximum absolute atomic E-state index is 13.5. The van der Waals surface area contributed by atoms with Gasteiger partial charge in [-0.2, -0.15) is 0 Å². The van der Waals surface area contributed by atoms with E-state index in [9.17, 15) is 17.6 Å². The third-order valence-corrected chi connectivity index (χ3v) is 4.50. The predicted octanol–water partition coefficient (Wildman–Crippen LogP) is 1.98. The Bertz CT molecular complexity index is 576. The molecule has 0 aliphatic rings. The van der Waals surface area contributed by atoms with E-state index in [4.69, 9.17) is 5.11 Å². The summed E-state index contributed by atoms with van der Waals surface area (Å²) in [6.45, 7) is 1.36. The van der Waals surface area contributed by atoms with Gasteiger partial charge >= 0.3 is 5.97 Å². The van der Waals surface area contributed by atoms with Gasteiger partial charge in [0.2, 0.25) is 10.0 Å². The zero-order valence-electron chi connectivity index (χ0n) is 10.1. The summed E-state index contributed by atoms with van der Waals surface area (Å²) in [5, 5.41) is 8.82. The lowest BCUT2D eigenvalue weighted by molar-refractivity contribution is -0.141. The summed E-state index contributed by atoms with van der Waals surface area (Å²) in [5.74, 6) is -2.83. The number of carboxylic acid groups (broad SMARTS) is 1. The summed E-state index contributed by atoms with van der Waals surface area (Å²) < 4.78 is 39.8. The minimum absolute atomic E-state index is 0.274. The Morgan fingerprint density at radius 2 is 2.16 bits per heavy atom. The van der Waals surface area contributed by atoms with E-state index in [-0.39, 0.29) is 13.0 Å². The summed E-state index contributed by atoms with van der Waals surface area (Å²) >= 11 is 3.02. The summed E-state index contributed by atoms with van der Waals surface area (Å²) in [6.07, 6.45) is 0.278. The number of carbonyl (C=O) groups is 1. The molecular weight excluding hydrogens is 341 g/mol. The van der Waals surface area contributed by atoms with E-state index >= 15 is 0 Å². The van der Waals surface area contributed by atoms with E-state index in [0.29, 0.717) is 4.47 Å². The number of halogens is 2. The molecule has 0 saturated heterocycles. The maximum atomic E-state index is 13.5. The van der Waals surface area contributed by atoms with Crippen LogP contribution in [0.1, 0.15) is 13.3 Å². The van der Waals surface area contributed by atoms with Crippen molar-refractivity contribution in [3.63, 3.8) is 0 Å². The molecule has 0 aliphatic carbocycles. The zero-order valence-corrected chi connectivity index (χ0v) is 12.5. The van der Waals surface area contributed by atoms with Crippen molar-refractivity contribution in [2.75, 3.05) is 6.54 Å². The van der Waals surface area contributed by atoms with Gasteiger partial charge in [-0.1, -0.05) is 22.9 Å². The third kappa shape index (κ3) is 4.26. The zero-order chi connectivity index (χ0) is 14.6. The van der Waals surface area contributed by atoms with Crippen LogP contribution in [0, 0.1) is 11.7 Å². The SMILES string of the molecule is CCC(CNS(=O)(=O)c1ccc(Br)cc1F)C(=O)O. The van der Waals surface area contributed by atoms with Crippen LogP contribution in [-0.4, -0.2) is 26.0 Å². The highest BCUT2D eigenvalue weighted by atomic mass is 79.9. The van der Waals surface area contributed by atoms with Crippen molar-refractivity contribution in [3.8, 4) is 0 Å². The molecule has 1 rings (SSSR count). The Morgan fingerprint density at radius 1 is 1.53 bits per heavy atom. The van der Waals surface area contributed by atoms with Crippen molar-refractivity contribution >= 4 is 31.9 Å². The number of hydrogen-bond acceptors (Lipinski definition) is 3. The lowest BCUT2D eigenvalue weighted by Crippen LogP contribution is -2.33. The quantitative estimate of drug-likeness (QED) is 0.818. The number of rotatable bonds is 6. The molecule has 8 heteroatoms. The number of nitrogens with one attached hydrogen (secondary N) is 1. The lowest BCUT2D eigenvalue weighted by Gasteiger charge is -2.12. The van der Waals surface area contributed by atoms with Crippen LogP contribution < -0.4 is 4.72 Å². The highest BCUT2D eigenvalue weighted by molar-refractivity contribution is 9.10. The van der Waals surface area contributed by atoms with Gasteiger partial charge < -0.3 is 5.11 Å². The van der Waals surface area contributed by atoms with Crippen molar-refractivity contribution in [2.24, 2.45) is 5.92 Å². The van der Waals surface area contributed by atoms with E-state index < -0.39 is 32.6 Å². The predicted molar refractivity (Wildman–Crippen MR) is 70.7 cm³/mol. The fraction of sp³-hybridized carbons (Fsp3) is 0.364. The largest absolute Gasteiger partial charge is 0.481 e. The Morgan fingerprint density at radius 3 is 2.63 bits per heavy atom. The van der Waals surface area contributed by atoms with Gasteiger partial charge in [0.15, 0.2) is 0 Å². The molecule has 0 radical (unpaired) electrons. The van der Waals surface area contributed by atoms with Gasteiger partial charge in [0.05, 0.1) is 5.92 Å². The van der Waals surface area contributed by atoms with Crippen LogP contribution in [-0.2, 0) is 14.8 Å². The van der Waals surface area contributed by atoms with E-state index in [0.717, 1.165) is 12.1 Å². The molecule has 0 aliphatic heterocycles. The topological polar surface area (TPSA) is 83.5 Å². The first-order chi connectivity index (χ1) is 8.77. The average molecular weight is 354 g/mol. The molecule has 1 atom stereocenters. The molecule has 1 unspecified atom stereocenters. The number of sulfonamides is 1. The first kappa shape index (κ1) is 16.1. The Kier molecular flexibility index (Phi) is 5.45. The summed E-state index contributed by atoms with van der Waals surface area (Å²) in [4.78, 5) is 10.3. The molecular formula is C11H13BrFNO4S. The second-order valence-corrected chi connectivity index (χ2v) is 6.52. The molecule has 19 heavy (non-hydrogen) atoms. The monoisotopic (exact) mass is 353 g/mol. The van der Waals surface area contributed by atoms with Crippen molar-refractivity contribution in [1.29, 1.82) is 0 Å². The molecule has 0 fully saturated rings. The maximum Gasteiger partial charge on any atom is 0.307 e. The lowest BCUT2D eigenvalue weighted by atomic mass is 10.1. The highest BCUT2D eigenvalue weighted by Crippen LogP contribution is 2.19. The molecule has 0 aromatic heterocycles. The first-order valence-corrected chi connectivity index (χ1v) is 7.73. The van der Waals surface area contributed by atoms with Gasteiger partial charge in [-0.3, -0.25) is 4.79 Å². The Hall–Kier alpha value is -0.990. The van der Waals surface area contributed by atoms with Gasteiger partial charge in [-0.05, 0) is 24.6 Å². The molecule has 0 spiro atoms. The Labute approximate surface area is 119 Å².